The summed E-state index contributed by atoms with van der Waals surface area (Å²) in [5.74, 6) is -1.95. The number of nitrogens with zero attached hydrogens (tertiary/aromatic N) is 2. The molecule has 3 aromatic rings. The maximum absolute atomic E-state index is 13.2. The smallest absolute Gasteiger partial charge is 0.350 e. The number of ether oxygens (including phenoxy) is 2. The van der Waals surface area contributed by atoms with Crippen molar-refractivity contribution in [1.29, 1.82) is 0 Å². The Morgan fingerprint density at radius 2 is 2.00 bits per heavy atom. The van der Waals surface area contributed by atoms with Crippen LogP contribution in [0.4, 0.5) is 5.13 Å². The van der Waals surface area contributed by atoms with Gasteiger partial charge in [-0.3, -0.25) is 14.5 Å². The fraction of sp³-hybridized carbons (Fsp3) is 0.280. The molecule has 1 N–H and O–H groups in total. The summed E-state index contributed by atoms with van der Waals surface area (Å²) in [6.07, 6.45) is 0.820. The Bertz CT molecular complexity index is 1300. The van der Waals surface area contributed by atoms with Crippen molar-refractivity contribution in [3.63, 3.8) is 0 Å². The lowest BCUT2D eigenvalue weighted by atomic mass is 10.00. The van der Waals surface area contributed by atoms with Crippen LogP contribution in [0.25, 0.3) is 5.76 Å². The summed E-state index contributed by atoms with van der Waals surface area (Å²) in [5.41, 5.74) is 0.715. The number of carbonyl (C=O) groups excluding carboxylic acids is 3. The minimum atomic E-state index is -0.893. The van der Waals surface area contributed by atoms with Gasteiger partial charge in [0, 0.05) is 10.4 Å². The lowest BCUT2D eigenvalue weighted by Crippen LogP contribution is -2.29. The van der Waals surface area contributed by atoms with Crippen LogP contribution in [-0.4, -0.2) is 41.0 Å². The molecular formula is C25H24N2O6S2. The van der Waals surface area contributed by atoms with Crippen molar-refractivity contribution in [2.45, 2.75) is 33.2 Å². The highest BCUT2D eigenvalue weighted by Crippen LogP contribution is 2.45. The number of benzene rings is 1. The minimum absolute atomic E-state index is 0.0457. The van der Waals surface area contributed by atoms with E-state index in [1.165, 1.54) is 16.2 Å². The van der Waals surface area contributed by atoms with Crippen LogP contribution in [-0.2, 0) is 14.3 Å². The Labute approximate surface area is 210 Å². The molecule has 1 unspecified atom stereocenters. The Morgan fingerprint density at radius 3 is 2.69 bits per heavy atom. The van der Waals surface area contributed by atoms with Crippen molar-refractivity contribution in [3.8, 4) is 5.75 Å². The van der Waals surface area contributed by atoms with Gasteiger partial charge < -0.3 is 14.6 Å². The SMILES string of the molecule is CCCOc1cccc(/C(O)=C2\C(=O)C(=O)N(c3nc(C)c(C(=O)OCC)s3)C2c2cccs2)c1. The molecule has 3 heterocycles. The van der Waals surface area contributed by atoms with E-state index in [-0.39, 0.29) is 27.9 Å². The fourth-order valence-electron chi connectivity index (χ4n) is 3.73. The zero-order valence-electron chi connectivity index (χ0n) is 19.4. The van der Waals surface area contributed by atoms with Crippen LogP contribution in [0.1, 0.15) is 52.1 Å². The molecule has 0 radical (unpaired) electrons. The van der Waals surface area contributed by atoms with Crippen LogP contribution in [0.2, 0.25) is 0 Å². The topological polar surface area (TPSA) is 106 Å². The van der Waals surface area contributed by atoms with Gasteiger partial charge in [-0.25, -0.2) is 9.78 Å². The number of aliphatic hydroxyl groups excluding tert-OH is 1. The first-order valence-corrected chi connectivity index (χ1v) is 12.8. The molecule has 8 nitrogen and oxygen atoms in total. The van der Waals surface area contributed by atoms with Gasteiger partial charge in [-0.05, 0) is 43.8 Å². The molecule has 0 spiro atoms. The van der Waals surface area contributed by atoms with Crippen LogP contribution >= 0.6 is 22.7 Å². The quantitative estimate of drug-likeness (QED) is 0.194. The highest BCUT2D eigenvalue weighted by Gasteiger charge is 2.49. The molecule has 1 saturated heterocycles. The molecule has 1 aromatic carbocycles. The lowest BCUT2D eigenvalue weighted by molar-refractivity contribution is -0.132. The Balaban J connectivity index is 1.83. The fourth-order valence-corrected chi connectivity index (χ4v) is 5.54. The number of esters is 1. The summed E-state index contributed by atoms with van der Waals surface area (Å²) in [4.78, 5) is 45.4. The highest BCUT2D eigenvalue weighted by molar-refractivity contribution is 7.18. The molecule has 0 saturated carbocycles. The third kappa shape index (κ3) is 4.71. The Morgan fingerprint density at radius 1 is 1.20 bits per heavy atom. The summed E-state index contributed by atoms with van der Waals surface area (Å²) in [6, 6.07) is 9.46. The molecule has 0 bridgehead atoms. The second-order valence-corrected chi connectivity index (χ2v) is 9.65. The van der Waals surface area contributed by atoms with Gasteiger partial charge in [-0.2, -0.15) is 0 Å². The van der Waals surface area contributed by atoms with Crippen molar-refractivity contribution in [1.82, 2.24) is 4.98 Å². The van der Waals surface area contributed by atoms with E-state index in [9.17, 15) is 19.5 Å². The van der Waals surface area contributed by atoms with Crippen molar-refractivity contribution < 1.29 is 29.0 Å². The van der Waals surface area contributed by atoms with Crippen LogP contribution in [0, 0.1) is 6.92 Å². The van der Waals surface area contributed by atoms with E-state index < -0.39 is 23.7 Å². The monoisotopic (exact) mass is 512 g/mol. The van der Waals surface area contributed by atoms with Crippen LogP contribution in [0.5, 0.6) is 5.75 Å². The van der Waals surface area contributed by atoms with Gasteiger partial charge >= 0.3 is 11.9 Å². The summed E-state index contributed by atoms with van der Waals surface area (Å²) in [6.45, 7) is 6.04. The number of aromatic nitrogens is 1. The summed E-state index contributed by atoms with van der Waals surface area (Å²) < 4.78 is 10.7. The molecule has 1 fully saturated rings. The van der Waals surface area contributed by atoms with Gasteiger partial charge in [0.05, 0.1) is 24.5 Å². The van der Waals surface area contributed by atoms with E-state index >= 15 is 0 Å². The zero-order valence-corrected chi connectivity index (χ0v) is 21.1. The molecule has 35 heavy (non-hydrogen) atoms. The number of rotatable bonds is 8. The number of Topliss-reactive ketones (excluding diaryl/α,β-unsaturated/α-hetero) is 1. The predicted octanol–water partition coefficient (Wildman–Crippen LogP) is 5.10. The van der Waals surface area contributed by atoms with Gasteiger partial charge in [0.1, 0.15) is 22.4 Å². The van der Waals surface area contributed by atoms with E-state index in [2.05, 4.69) is 4.98 Å². The first-order valence-electron chi connectivity index (χ1n) is 11.1. The van der Waals surface area contributed by atoms with Crippen LogP contribution in [0.3, 0.4) is 0 Å². The van der Waals surface area contributed by atoms with Crippen LogP contribution in [0.15, 0.2) is 47.4 Å². The molecule has 10 heteroatoms. The third-order valence-corrected chi connectivity index (χ3v) is 7.35. The maximum atomic E-state index is 13.2. The second kappa shape index (κ2) is 10.4. The number of thiophene rings is 1. The molecule has 182 valence electrons. The number of amides is 1. The van der Waals surface area contributed by atoms with E-state index in [0.29, 0.717) is 28.5 Å². The highest BCUT2D eigenvalue weighted by atomic mass is 32.1. The number of hydrogen-bond donors (Lipinski definition) is 1. The number of anilines is 1. The predicted molar refractivity (Wildman–Crippen MR) is 134 cm³/mol. The largest absolute Gasteiger partial charge is 0.507 e. The number of ketones is 1. The average molecular weight is 513 g/mol. The molecule has 1 aliphatic rings. The van der Waals surface area contributed by atoms with Crippen LogP contribution < -0.4 is 9.64 Å². The maximum Gasteiger partial charge on any atom is 0.350 e. The summed E-state index contributed by atoms with van der Waals surface area (Å²) >= 11 is 2.33. The van der Waals surface area contributed by atoms with E-state index in [0.717, 1.165) is 17.8 Å². The Kier molecular flexibility index (Phi) is 7.32. The first-order chi connectivity index (χ1) is 16.9. The molecule has 0 aliphatic carbocycles. The van der Waals surface area contributed by atoms with Crippen molar-refractivity contribution in [3.05, 3.63) is 68.4 Å². The minimum Gasteiger partial charge on any atom is -0.507 e. The number of thiazole rings is 1. The number of aliphatic hydroxyl groups is 1. The molecule has 4 rings (SSSR count). The van der Waals surface area contributed by atoms with Gasteiger partial charge in [-0.15, -0.1) is 11.3 Å². The van der Waals surface area contributed by atoms with E-state index in [4.69, 9.17) is 9.47 Å². The molecular weight excluding hydrogens is 488 g/mol. The van der Waals surface area contributed by atoms with Crippen molar-refractivity contribution >= 4 is 51.2 Å². The van der Waals surface area contributed by atoms with Crippen molar-refractivity contribution in [2.24, 2.45) is 0 Å². The first kappa shape index (κ1) is 24.6. The normalized spacial score (nSPS) is 17.1. The summed E-state index contributed by atoms with van der Waals surface area (Å²) in [7, 11) is 0. The van der Waals surface area contributed by atoms with Gasteiger partial charge in [0.15, 0.2) is 5.13 Å². The van der Waals surface area contributed by atoms with Crippen molar-refractivity contribution in [2.75, 3.05) is 18.1 Å². The summed E-state index contributed by atoms with van der Waals surface area (Å²) in [5, 5.41) is 13.3. The van der Waals surface area contributed by atoms with Gasteiger partial charge in [-0.1, -0.05) is 36.5 Å². The molecule has 1 amide bonds. The van der Waals surface area contributed by atoms with Gasteiger partial charge in [0.2, 0.25) is 0 Å². The molecule has 2 aromatic heterocycles. The number of aryl methyl sites for hydroxylation is 1. The van der Waals surface area contributed by atoms with E-state index in [1.807, 2.05) is 12.3 Å². The average Bonchev–Trinajstić information content (AvgIpc) is 3.57. The lowest BCUT2D eigenvalue weighted by Gasteiger charge is -2.21. The number of carbonyl (C=O) groups is 3. The number of hydrogen-bond acceptors (Lipinski definition) is 9. The molecule has 1 atom stereocenters. The van der Waals surface area contributed by atoms with Gasteiger partial charge in [0.25, 0.3) is 5.78 Å². The second-order valence-electron chi connectivity index (χ2n) is 7.69. The standard InChI is InChI=1S/C25H24N2O6S2/c1-4-11-33-16-9-6-8-15(13-16)20(28)18-19(17-10-7-12-34-17)27(23(30)21(18)29)25-26-14(3)22(35-25)24(31)32-5-2/h6-10,12-13,19,28H,4-5,11H2,1-3H3/b20-18+. The van der Waals surface area contributed by atoms with E-state index in [1.54, 1.807) is 50.2 Å². The molecule has 1 aliphatic heterocycles. The Hall–Kier alpha value is -3.50. The third-order valence-electron chi connectivity index (χ3n) is 5.29. The zero-order chi connectivity index (χ0) is 25.1.